The molecule has 2 rings (SSSR count). The quantitative estimate of drug-likeness (QED) is 0.839. The van der Waals surface area contributed by atoms with Gasteiger partial charge in [0.25, 0.3) is 5.91 Å². The predicted molar refractivity (Wildman–Crippen MR) is 72.1 cm³/mol. The number of hydrogen-bond acceptors (Lipinski definition) is 4. The van der Waals surface area contributed by atoms with Crippen LogP contribution in [0.3, 0.4) is 0 Å². The molecule has 1 fully saturated rings. The number of nitrogens with one attached hydrogen (secondary N) is 1. The van der Waals surface area contributed by atoms with Gasteiger partial charge in [0.15, 0.2) is 0 Å². The summed E-state index contributed by atoms with van der Waals surface area (Å²) in [5.74, 6) is 0.625. The summed E-state index contributed by atoms with van der Waals surface area (Å²) in [5.41, 5.74) is 0.556. The number of amides is 2. The first kappa shape index (κ1) is 13.3. The monoisotopic (exact) mass is 262 g/mol. The lowest BCUT2D eigenvalue weighted by atomic mass is 10.2. The lowest BCUT2D eigenvalue weighted by Crippen LogP contribution is -2.36. The van der Waals surface area contributed by atoms with Crippen LogP contribution in [0, 0.1) is 0 Å². The molecular formula is C13H18N4O2. The highest BCUT2D eigenvalue weighted by atomic mass is 16.2. The van der Waals surface area contributed by atoms with Crippen molar-refractivity contribution in [3.63, 3.8) is 0 Å². The molecule has 0 radical (unpaired) electrons. The first-order valence-corrected chi connectivity index (χ1v) is 6.15. The van der Waals surface area contributed by atoms with E-state index in [1.165, 1.54) is 0 Å². The van der Waals surface area contributed by atoms with Crippen molar-refractivity contribution in [1.82, 2.24) is 15.2 Å². The molecule has 1 atom stereocenters. The number of anilines is 1. The highest BCUT2D eigenvalue weighted by Crippen LogP contribution is 2.12. The van der Waals surface area contributed by atoms with E-state index in [-0.39, 0.29) is 17.9 Å². The van der Waals surface area contributed by atoms with Gasteiger partial charge in [-0.3, -0.25) is 9.59 Å². The molecule has 0 unspecified atom stereocenters. The first-order chi connectivity index (χ1) is 8.97. The Labute approximate surface area is 112 Å². The standard InChI is InChI=1S/C13H18N4O2/c1-16(2)11-6-9(4-5-14-11)13(19)15-10-7-12(18)17(3)8-10/h4-6,10H,7-8H2,1-3H3,(H,15,19)/t10-/m0/s1. The normalized spacial score (nSPS) is 18.6. The molecule has 1 aromatic rings. The zero-order chi connectivity index (χ0) is 14.0. The third kappa shape index (κ3) is 3.01. The summed E-state index contributed by atoms with van der Waals surface area (Å²) >= 11 is 0. The van der Waals surface area contributed by atoms with Crippen LogP contribution in [0.4, 0.5) is 5.82 Å². The van der Waals surface area contributed by atoms with Gasteiger partial charge in [0.05, 0.1) is 6.04 Å². The van der Waals surface area contributed by atoms with Crippen molar-refractivity contribution in [2.24, 2.45) is 0 Å². The fraction of sp³-hybridized carbons (Fsp3) is 0.462. The van der Waals surface area contributed by atoms with Crippen molar-refractivity contribution in [2.45, 2.75) is 12.5 Å². The van der Waals surface area contributed by atoms with Crippen LogP contribution in [0.2, 0.25) is 0 Å². The second kappa shape index (κ2) is 5.26. The minimum Gasteiger partial charge on any atom is -0.363 e. The number of likely N-dealkylation sites (N-methyl/N-ethyl adjacent to an activating group) is 1. The van der Waals surface area contributed by atoms with E-state index < -0.39 is 0 Å². The summed E-state index contributed by atoms with van der Waals surface area (Å²) in [6, 6.07) is 3.29. The van der Waals surface area contributed by atoms with Crippen molar-refractivity contribution >= 4 is 17.6 Å². The van der Waals surface area contributed by atoms with Crippen molar-refractivity contribution in [3.05, 3.63) is 23.9 Å². The van der Waals surface area contributed by atoms with Crippen LogP contribution in [0.25, 0.3) is 0 Å². The summed E-state index contributed by atoms with van der Waals surface area (Å²) in [4.78, 5) is 31.1. The number of aromatic nitrogens is 1. The molecule has 0 aliphatic carbocycles. The lowest BCUT2D eigenvalue weighted by Gasteiger charge is -2.14. The summed E-state index contributed by atoms with van der Waals surface area (Å²) in [6.45, 7) is 0.566. The molecule has 1 aromatic heterocycles. The minimum atomic E-state index is -0.168. The zero-order valence-corrected chi connectivity index (χ0v) is 11.4. The Hall–Kier alpha value is -2.11. The first-order valence-electron chi connectivity index (χ1n) is 6.15. The van der Waals surface area contributed by atoms with Crippen LogP contribution >= 0.6 is 0 Å². The molecule has 1 N–H and O–H groups in total. The Morgan fingerprint density at radius 2 is 2.26 bits per heavy atom. The fourth-order valence-corrected chi connectivity index (χ4v) is 2.03. The van der Waals surface area contributed by atoms with Crippen LogP contribution < -0.4 is 10.2 Å². The van der Waals surface area contributed by atoms with E-state index in [4.69, 9.17) is 0 Å². The Balaban J connectivity index is 2.04. The number of pyridine rings is 1. The predicted octanol–water partition coefficient (Wildman–Crippen LogP) is 0.108. The number of rotatable bonds is 3. The number of likely N-dealkylation sites (tertiary alicyclic amines) is 1. The average Bonchev–Trinajstić information content (AvgIpc) is 2.68. The fourth-order valence-electron chi connectivity index (χ4n) is 2.03. The van der Waals surface area contributed by atoms with E-state index >= 15 is 0 Å². The summed E-state index contributed by atoms with van der Waals surface area (Å²) in [7, 11) is 5.48. The van der Waals surface area contributed by atoms with E-state index in [2.05, 4.69) is 10.3 Å². The van der Waals surface area contributed by atoms with Crippen molar-refractivity contribution in [1.29, 1.82) is 0 Å². The van der Waals surface area contributed by atoms with Gasteiger partial charge in [0.2, 0.25) is 5.91 Å². The summed E-state index contributed by atoms with van der Waals surface area (Å²) in [5, 5.41) is 2.87. The van der Waals surface area contributed by atoms with E-state index in [9.17, 15) is 9.59 Å². The van der Waals surface area contributed by atoms with Gasteiger partial charge >= 0.3 is 0 Å². The molecule has 1 saturated heterocycles. The molecule has 19 heavy (non-hydrogen) atoms. The number of hydrogen-bond donors (Lipinski definition) is 1. The van der Waals surface area contributed by atoms with Crippen LogP contribution in [0.15, 0.2) is 18.3 Å². The Bertz CT molecular complexity index is 501. The van der Waals surface area contributed by atoms with E-state index in [0.29, 0.717) is 18.5 Å². The number of carbonyl (C=O) groups is 2. The summed E-state index contributed by atoms with van der Waals surface area (Å²) < 4.78 is 0. The average molecular weight is 262 g/mol. The second-order valence-electron chi connectivity index (χ2n) is 4.95. The molecule has 0 bridgehead atoms. The minimum absolute atomic E-state index is 0.0639. The maximum Gasteiger partial charge on any atom is 0.251 e. The summed E-state index contributed by atoms with van der Waals surface area (Å²) in [6.07, 6.45) is 1.98. The number of nitrogens with zero attached hydrogens (tertiary/aromatic N) is 3. The zero-order valence-electron chi connectivity index (χ0n) is 11.4. The highest BCUT2D eigenvalue weighted by Gasteiger charge is 2.28. The van der Waals surface area contributed by atoms with E-state index in [1.807, 2.05) is 19.0 Å². The Morgan fingerprint density at radius 1 is 1.53 bits per heavy atom. The van der Waals surface area contributed by atoms with Gasteiger partial charge in [0.1, 0.15) is 5.82 Å². The van der Waals surface area contributed by atoms with Crippen molar-refractivity contribution in [3.8, 4) is 0 Å². The lowest BCUT2D eigenvalue weighted by molar-refractivity contribution is -0.126. The molecule has 6 nitrogen and oxygen atoms in total. The topological polar surface area (TPSA) is 65.5 Å². The molecule has 1 aliphatic rings. The largest absolute Gasteiger partial charge is 0.363 e. The maximum atomic E-state index is 12.1. The van der Waals surface area contributed by atoms with Gasteiger partial charge in [-0.15, -0.1) is 0 Å². The van der Waals surface area contributed by atoms with Gasteiger partial charge in [0, 0.05) is 45.9 Å². The molecule has 6 heteroatoms. The van der Waals surface area contributed by atoms with Gasteiger partial charge in [-0.05, 0) is 12.1 Å². The SMILES string of the molecule is CN1C[C@@H](NC(=O)c2ccnc(N(C)C)c2)CC1=O. The van der Waals surface area contributed by atoms with Gasteiger partial charge < -0.3 is 15.1 Å². The van der Waals surface area contributed by atoms with Gasteiger partial charge in [-0.2, -0.15) is 0 Å². The maximum absolute atomic E-state index is 12.1. The third-order valence-corrected chi connectivity index (χ3v) is 3.14. The number of carbonyl (C=O) groups excluding carboxylic acids is 2. The smallest absolute Gasteiger partial charge is 0.251 e. The van der Waals surface area contributed by atoms with Gasteiger partial charge in [-0.1, -0.05) is 0 Å². The Morgan fingerprint density at radius 3 is 2.84 bits per heavy atom. The molecule has 2 heterocycles. The van der Waals surface area contributed by atoms with Crippen LogP contribution in [-0.4, -0.2) is 55.4 Å². The van der Waals surface area contributed by atoms with E-state index in [1.54, 1.807) is 30.3 Å². The highest BCUT2D eigenvalue weighted by molar-refractivity contribution is 5.95. The molecule has 0 spiro atoms. The Kier molecular flexibility index (Phi) is 3.69. The van der Waals surface area contributed by atoms with Crippen molar-refractivity contribution in [2.75, 3.05) is 32.6 Å². The third-order valence-electron chi connectivity index (χ3n) is 3.14. The van der Waals surface area contributed by atoms with Crippen LogP contribution in [0.1, 0.15) is 16.8 Å². The van der Waals surface area contributed by atoms with Gasteiger partial charge in [-0.25, -0.2) is 4.98 Å². The molecule has 0 saturated carbocycles. The molecule has 2 amide bonds. The van der Waals surface area contributed by atoms with E-state index in [0.717, 1.165) is 5.82 Å². The molecule has 1 aliphatic heterocycles. The van der Waals surface area contributed by atoms with Crippen LogP contribution in [-0.2, 0) is 4.79 Å². The van der Waals surface area contributed by atoms with Crippen molar-refractivity contribution < 1.29 is 9.59 Å². The van der Waals surface area contributed by atoms with Crippen LogP contribution in [0.5, 0.6) is 0 Å². The molecular weight excluding hydrogens is 244 g/mol. The second-order valence-corrected chi connectivity index (χ2v) is 4.95. The molecule has 0 aromatic carbocycles. The molecule has 102 valence electrons.